The summed E-state index contributed by atoms with van der Waals surface area (Å²) in [5.41, 5.74) is 2.13. The number of benzene rings is 2. The van der Waals surface area contributed by atoms with Gasteiger partial charge < -0.3 is 23.7 Å². The predicted molar refractivity (Wildman–Crippen MR) is 97.5 cm³/mol. The van der Waals surface area contributed by atoms with Gasteiger partial charge in [0.25, 0.3) is 0 Å². The molecular formula is C21H22O6. The summed E-state index contributed by atoms with van der Waals surface area (Å²) in [6, 6.07) is 11.7. The molecular weight excluding hydrogens is 348 g/mol. The number of hydrogen-bond acceptors (Lipinski definition) is 6. The van der Waals surface area contributed by atoms with Crippen LogP contribution in [0.25, 0.3) is 0 Å². The highest BCUT2D eigenvalue weighted by Gasteiger charge is 2.37. The zero-order valence-corrected chi connectivity index (χ0v) is 15.4. The number of carbonyl (C=O) groups is 1. The highest BCUT2D eigenvalue weighted by atomic mass is 16.7. The van der Waals surface area contributed by atoms with Crippen LogP contribution in [0.1, 0.15) is 11.1 Å². The Morgan fingerprint density at radius 1 is 0.889 bits per heavy atom. The minimum absolute atomic E-state index is 0.112. The zero-order valence-electron chi connectivity index (χ0n) is 15.4. The molecule has 6 heteroatoms. The summed E-state index contributed by atoms with van der Waals surface area (Å²) in [5.74, 6) is 2.65. The molecule has 0 unspecified atom stereocenters. The maximum absolute atomic E-state index is 12.3. The first-order chi connectivity index (χ1) is 13.2. The lowest BCUT2D eigenvalue weighted by Crippen LogP contribution is -2.20. The minimum atomic E-state index is -0.182. The summed E-state index contributed by atoms with van der Waals surface area (Å²) in [5, 5.41) is 0. The fourth-order valence-corrected chi connectivity index (χ4v) is 3.69. The molecule has 0 N–H and O–H groups in total. The van der Waals surface area contributed by atoms with Gasteiger partial charge in [-0.2, -0.15) is 0 Å². The van der Waals surface area contributed by atoms with Crippen LogP contribution in [0.4, 0.5) is 0 Å². The molecule has 142 valence electrons. The maximum atomic E-state index is 12.3. The van der Waals surface area contributed by atoms with Crippen molar-refractivity contribution in [2.45, 2.75) is 12.8 Å². The van der Waals surface area contributed by atoms with Crippen LogP contribution in [0.3, 0.4) is 0 Å². The molecule has 0 bridgehead atoms. The summed E-state index contributed by atoms with van der Waals surface area (Å²) >= 11 is 0. The second-order valence-electron chi connectivity index (χ2n) is 6.78. The van der Waals surface area contributed by atoms with E-state index in [2.05, 4.69) is 0 Å². The summed E-state index contributed by atoms with van der Waals surface area (Å²) in [7, 11) is 3.23. The van der Waals surface area contributed by atoms with Gasteiger partial charge in [-0.3, -0.25) is 4.79 Å². The number of methoxy groups -OCH3 is 2. The SMILES string of the molecule is COc1ccc(C[C@@H]2COC(=O)[C@@H]2Cc2ccc3c(c2)OCO3)cc1OC. The van der Waals surface area contributed by atoms with Gasteiger partial charge in [-0.05, 0) is 48.2 Å². The first-order valence-electron chi connectivity index (χ1n) is 8.94. The second kappa shape index (κ2) is 7.39. The molecule has 2 aliphatic rings. The van der Waals surface area contributed by atoms with Crippen LogP contribution in [0, 0.1) is 11.8 Å². The third kappa shape index (κ3) is 3.52. The van der Waals surface area contributed by atoms with Gasteiger partial charge in [-0.15, -0.1) is 0 Å². The molecule has 0 amide bonds. The molecule has 0 aromatic heterocycles. The Morgan fingerprint density at radius 2 is 1.63 bits per heavy atom. The Hall–Kier alpha value is -2.89. The Bertz CT molecular complexity index is 847. The van der Waals surface area contributed by atoms with E-state index in [9.17, 15) is 4.79 Å². The number of ether oxygens (including phenoxy) is 5. The van der Waals surface area contributed by atoms with Gasteiger partial charge >= 0.3 is 5.97 Å². The molecule has 1 fully saturated rings. The van der Waals surface area contributed by atoms with E-state index in [4.69, 9.17) is 23.7 Å². The summed E-state index contributed by atoms with van der Waals surface area (Å²) in [6.07, 6.45) is 1.36. The number of esters is 1. The van der Waals surface area contributed by atoms with E-state index in [1.807, 2.05) is 36.4 Å². The predicted octanol–water partition coefficient (Wildman–Crippen LogP) is 3.01. The van der Waals surface area contributed by atoms with E-state index < -0.39 is 0 Å². The first-order valence-corrected chi connectivity index (χ1v) is 8.94. The molecule has 0 spiro atoms. The quantitative estimate of drug-likeness (QED) is 0.729. The number of carbonyl (C=O) groups excluding carboxylic acids is 1. The van der Waals surface area contributed by atoms with Gasteiger partial charge in [0.15, 0.2) is 23.0 Å². The fourth-order valence-electron chi connectivity index (χ4n) is 3.69. The molecule has 0 aliphatic carbocycles. The molecule has 2 aliphatic heterocycles. The lowest BCUT2D eigenvalue weighted by molar-refractivity contribution is -0.141. The van der Waals surface area contributed by atoms with Crippen LogP contribution >= 0.6 is 0 Å². The lowest BCUT2D eigenvalue weighted by Gasteiger charge is -2.17. The number of cyclic esters (lactones) is 1. The average molecular weight is 370 g/mol. The van der Waals surface area contributed by atoms with Crippen molar-refractivity contribution in [2.24, 2.45) is 11.8 Å². The lowest BCUT2D eigenvalue weighted by atomic mass is 9.85. The molecule has 27 heavy (non-hydrogen) atoms. The van der Waals surface area contributed by atoms with Gasteiger partial charge in [0, 0.05) is 5.92 Å². The standard InChI is InChI=1S/C21H22O6/c1-23-17-5-3-13(9-19(17)24-2)7-15-11-25-21(22)16(15)8-14-4-6-18-20(10-14)27-12-26-18/h3-6,9-10,15-16H,7-8,11-12H2,1-2H3/t15-,16-/m1/s1. The van der Waals surface area contributed by atoms with Gasteiger partial charge in [-0.25, -0.2) is 0 Å². The molecule has 0 radical (unpaired) electrons. The monoisotopic (exact) mass is 370 g/mol. The van der Waals surface area contributed by atoms with Crippen molar-refractivity contribution in [3.63, 3.8) is 0 Å². The fraction of sp³-hybridized carbons (Fsp3) is 0.381. The van der Waals surface area contributed by atoms with Gasteiger partial charge in [0.05, 0.1) is 26.7 Å². The Labute approximate surface area is 157 Å². The molecule has 2 heterocycles. The third-order valence-electron chi connectivity index (χ3n) is 5.15. The van der Waals surface area contributed by atoms with Gasteiger partial charge in [-0.1, -0.05) is 12.1 Å². The molecule has 2 aromatic rings. The van der Waals surface area contributed by atoms with Gasteiger partial charge in [0.1, 0.15) is 0 Å². The van der Waals surface area contributed by atoms with Crippen molar-refractivity contribution in [1.29, 1.82) is 0 Å². The Kier molecular flexibility index (Phi) is 4.79. The van der Waals surface area contributed by atoms with Crippen LogP contribution in [0.15, 0.2) is 36.4 Å². The van der Waals surface area contributed by atoms with E-state index in [1.165, 1.54) is 0 Å². The number of rotatable bonds is 6. The van der Waals surface area contributed by atoms with Crippen molar-refractivity contribution < 1.29 is 28.5 Å². The van der Waals surface area contributed by atoms with Crippen LogP contribution in [0.5, 0.6) is 23.0 Å². The normalized spacial score (nSPS) is 20.4. The van der Waals surface area contributed by atoms with Crippen LogP contribution in [-0.4, -0.2) is 33.6 Å². The molecule has 6 nitrogen and oxygen atoms in total. The van der Waals surface area contributed by atoms with E-state index in [0.29, 0.717) is 24.5 Å². The largest absolute Gasteiger partial charge is 0.493 e. The van der Waals surface area contributed by atoms with E-state index in [1.54, 1.807) is 14.2 Å². The van der Waals surface area contributed by atoms with Gasteiger partial charge in [0.2, 0.25) is 6.79 Å². The molecule has 1 saturated heterocycles. The Balaban J connectivity index is 1.50. The van der Waals surface area contributed by atoms with Crippen LogP contribution < -0.4 is 18.9 Å². The minimum Gasteiger partial charge on any atom is -0.493 e. The van der Waals surface area contributed by atoms with Crippen molar-refractivity contribution in [3.8, 4) is 23.0 Å². The van der Waals surface area contributed by atoms with Crippen molar-refractivity contribution in [1.82, 2.24) is 0 Å². The number of hydrogen-bond donors (Lipinski definition) is 0. The molecule has 2 aromatic carbocycles. The molecule has 2 atom stereocenters. The van der Waals surface area contributed by atoms with Crippen molar-refractivity contribution in [2.75, 3.05) is 27.6 Å². The first kappa shape index (κ1) is 17.5. The highest BCUT2D eigenvalue weighted by Crippen LogP contribution is 2.36. The van der Waals surface area contributed by atoms with Crippen molar-refractivity contribution >= 4 is 5.97 Å². The van der Waals surface area contributed by atoms with E-state index >= 15 is 0 Å². The maximum Gasteiger partial charge on any atom is 0.309 e. The van der Waals surface area contributed by atoms with Crippen LogP contribution in [0.2, 0.25) is 0 Å². The van der Waals surface area contributed by atoms with Crippen molar-refractivity contribution in [3.05, 3.63) is 47.5 Å². The average Bonchev–Trinajstić information content (AvgIpc) is 3.29. The summed E-state index contributed by atoms with van der Waals surface area (Å²) < 4.78 is 26.8. The van der Waals surface area contributed by atoms with Crippen LogP contribution in [-0.2, 0) is 22.4 Å². The summed E-state index contributed by atoms with van der Waals surface area (Å²) in [4.78, 5) is 12.3. The summed E-state index contributed by atoms with van der Waals surface area (Å²) in [6.45, 7) is 0.675. The highest BCUT2D eigenvalue weighted by molar-refractivity contribution is 5.75. The van der Waals surface area contributed by atoms with E-state index in [0.717, 1.165) is 29.0 Å². The Morgan fingerprint density at radius 3 is 2.44 bits per heavy atom. The molecule has 0 saturated carbocycles. The van der Waals surface area contributed by atoms with E-state index in [-0.39, 0.29) is 24.6 Å². The topological polar surface area (TPSA) is 63.2 Å². The second-order valence-corrected chi connectivity index (χ2v) is 6.78. The smallest absolute Gasteiger partial charge is 0.309 e. The zero-order chi connectivity index (χ0) is 18.8. The number of fused-ring (bicyclic) bond motifs is 1. The third-order valence-corrected chi connectivity index (χ3v) is 5.15. The molecule has 4 rings (SSSR count).